The molecule has 0 atom stereocenters. The van der Waals surface area contributed by atoms with Crippen molar-refractivity contribution in [3.8, 4) is 0 Å². The van der Waals surface area contributed by atoms with Crippen LogP contribution in [0.2, 0.25) is 0 Å². The first-order chi connectivity index (χ1) is 8.79. The van der Waals surface area contributed by atoms with Gasteiger partial charge in [0.25, 0.3) is 0 Å². The fourth-order valence-corrected chi connectivity index (χ4v) is 1.49. The summed E-state index contributed by atoms with van der Waals surface area (Å²) in [5, 5.41) is 3.74. The van der Waals surface area contributed by atoms with Crippen LogP contribution >= 0.6 is 0 Å². The molecule has 0 saturated carbocycles. The van der Waals surface area contributed by atoms with E-state index in [9.17, 15) is 4.79 Å². The van der Waals surface area contributed by atoms with E-state index in [-0.39, 0.29) is 5.91 Å². The van der Waals surface area contributed by atoms with Crippen molar-refractivity contribution >= 4 is 16.8 Å². The fraction of sp³-hybridized carbons (Fsp3) is 0.400. The number of hydrogen-bond acceptors (Lipinski definition) is 1. The van der Waals surface area contributed by atoms with Gasteiger partial charge >= 0.3 is 0 Å². The van der Waals surface area contributed by atoms with Gasteiger partial charge in [-0.1, -0.05) is 45.9 Å². The highest BCUT2D eigenvalue weighted by molar-refractivity contribution is 5.83. The lowest BCUT2D eigenvalue weighted by Gasteiger charge is -1.95. The number of aromatic amines is 1. The minimum Gasteiger partial charge on any atom is -0.359 e. The maximum atomic E-state index is 11.1. The smallest absolute Gasteiger partial charge is 0.225 e. The number of H-pyrrole nitrogens is 1. The van der Waals surface area contributed by atoms with Crippen LogP contribution in [0.15, 0.2) is 30.3 Å². The number of para-hydroxylation sites is 1. The van der Waals surface area contributed by atoms with Crippen molar-refractivity contribution in [3.05, 3.63) is 36.0 Å². The zero-order chi connectivity index (χ0) is 14.0. The third kappa shape index (κ3) is 4.62. The van der Waals surface area contributed by atoms with Gasteiger partial charge < -0.3 is 10.3 Å². The number of carbonyl (C=O) groups excluding carboxylic acids is 1. The summed E-state index contributed by atoms with van der Waals surface area (Å²) in [4.78, 5) is 14.3. The van der Waals surface area contributed by atoms with Crippen molar-refractivity contribution in [1.29, 1.82) is 0 Å². The van der Waals surface area contributed by atoms with Crippen LogP contribution in [0.25, 0.3) is 10.9 Å². The molecule has 0 radical (unpaired) electrons. The van der Waals surface area contributed by atoms with Gasteiger partial charge in [0, 0.05) is 18.3 Å². The van der Waals surface area contributed by atoms with Crippen molar-refractivity contribution in [2.75, 3.05) is 7.05 Å². The van der Waals surface area contributed by atoms with Crippen molar-refractivity contribution < 1.29 is 4.79 Å². The molecule has 3 nitrogen and oxygen atoms in total. The molecule has 0 bridgehead atoms. The Morgan fingerprint density at radius 2 is 1.78 bits per heavy atom. The number of fused-ring (bicyclic) bond motifs is 1. The highest BCUT2D eigenvalue weighted by Gasteiger charge is 2.03. The summed E-state index contributed by atoms with van der Waals surface area (Å²) in [6.07, 6.45) is 0.408. The Kier molecular flexibility index (Phi) is 8.37. The van der Waals surface area contributed by atoms with E-state index in [0.717, 1.165) is 16.6 Å². The summed E-state index contributed by atoms with van der Waals surface area (Å²) < 4.78 is 0. The molecule has 0 aliphatic heterocycles. The lowest BCUT2D eigenvalue weighted by molar-refractivity contribution is -0.120. The number of aromatic nitrogens is 1. The molecular formula is C15H24N2O. The molecule has 2 aromatic rings. The maximum absolute atomic E-state index is 11.1. The molecule has 18 heavy (non-hydrogen) atoms. The lowest BCUT2D eigenvalue weighted by atomic mass is 10.2. The van der Waals surface area contributed by atoms with Crippen molar-refractivity contribution in [2.45, 2.75) is 34.1 Å². The van der Waals surface area contributed by atoms with Gasteiger partial charge in [0.15, 0.2) is 0 Å². The summed E-state index contributed by atoms with van der Waals surface area (Å²) in [7, 11) is 1.64. The highest BCUT2D eigenvalue weighted by Crippen LogP contribution is 2.14. The molecular weight excluding hydrogens is 224 g/mol. The molecule has 0 spiro atoms. The van der Waals surface area contributed by atoms with E-state index in [2.05, 4.69) is 10.3 Å². The number of likely N-dealkylation sites (N-methyl/N-ethyl adjacent to an activating group) is 1. The molecule has 0 aliphatic rings. The van der Waals surface area contributed by atoms with Crippen LogP contribution in [0, 0.1) is 0 Å². The quantitative estimate of drug-likeness (QED) is 0.839. The van der Waals surface area contributed by atoms with Gasteiger partial charge in [0.1, 0.15) is 0 Å². The number of rotatable bonds is 2. The Bertz CT molecular complexity index is 427. The van der Waals surface area contributed by atoms with E-state index in [1.807, 2.05) is 58.0 Å². The average molecular weight is 248 g/mol. The Labute approximate surface area is 110 Å². The summed E-state index contributed by atoms with van der Waals surface area (Å²) >= 11 is 0. The molecule has 1 aromatic carbocycles. The zero-order valence-electron chi connectivity index (χ0n) is 12.0. The van der Waals surface area contributed by atoms with Crippen LogP contribution in [-0.2, 0) is 11.2 Å². The Morgan fingerprint density at radius 3 is 2.33 bits per heavy atom. The summed E-state index contributed by atoms with van der Waals surface area (Å²) in [6.45, 7) is 8.00. The van der Waals surface area contributed by atoms with Gasteiger partial charge in [-0.2, -0.15) is 0 Å². The second-order valence-corrected chi connectivity index (χ2v) is 3.23. The van der Waals surface area contributed by atoms with Crippen molar-refractivity contribution in [1.82, 2.24) is 10.3 Å². The van der Waals surface area contributed by atoms with E-state index in [0.29, 0.717) is 6.42 Å². The van der Waals surface area contributed by atoms with Crippen LogP contribution in [0.4, 0.5) is 0 Å². The van der Waals surface area contributed by atoms with E-state index in [1.165, 1.54) is 0 Å². The standard InChI is InChI=1S/C11H12N2O.2C2H6/c1-12-11(14)7-9-6-8-4-2-3-5-10(8)13-9;2*1-2/h2-6,13H,7H2,1H3,(H,12,14);2*1-2H3. The van der Waals surface area contributed by atoms with E-state index in [4.69, 9.17) is 0 Å². The van der Waals surface area contributed by atoms with Gasteiger partial charge in [-0.05, 0) is 17.5 Å². The zero-order valence-corrected chi connectivity index (χ0v) is 12.0. The maximum Gasteiger partial charge on any atom is 0.225 e. The highest BCUT2D eigenvalue weighted by atomic mass is 16.1. The monoisotopic (exact) mass is 248 g/mol. The van der Waals surface area contributed by atoms with Gasteiger partial charge in [-0.25, -0.2) is 0 Å². The Hall–Kier alpha value is -1.77. The molecule has 2 rings (SSSR count). The fourth-order valence-electron chi connectivity index (χ4n) is 1.49. The first-order valence-electron chi connectivity index (χ1n) is 6.57. The number of benzene rings is 1. The van der Waals surface area contributed by atoms with Gasteiger partial charge in [0.2, 0.25) is 5.91 Å². The van der Waals surface area contributed by atoms with Gasteiger partial charge in [0.05, 0.1) is 6.42 Å². The second-order valence-electron chi connectivity index (χ2n) is 3.23. The average Bonchev–Trinajstić information content (AvgIpc) is 2.85. The second kappa shape index (κ2) is 9.28. The van der Waals surface area contributed by atoms with Gasteiger partial charge in [-0.3, -0.25) is 4.79 Å². The van der Waals surface area contributed by atoms with Crippen LogP contribution < -0.4 is 5.32 Å². The first kappa shape index (κ1) is 16.2. The topological polar surface area (TPSA) is 44.9 Å². The molecule has 0 aliphatic carbocycles. The predicted molar refractivity (Wildman–Crippen MR) is 78.8 cm³/mol. The molecule has 0 unspecified atom stereocenters. The van der Waals surface area contributed by atoms with Crippen molar-refractivity contribution in [3.63, 3.8) is 0 Å². The largest absolute Gasteiger partial charge is 0.359 e. The minimum absolute atomic E-state index is 0.0246. The Morgan fingerprint density at radius 1 is 1.17 bits per heavy atom. The molecule has 1 heterocycles. The normalized spacial score (nSPS) is 8.72. The predicted octanol–water partition coefficient (Wildman–Crippen LogP) is 3.51. The minimum atomic E-state index is 0.0246. The molecule has 0 fully saturated rings. The van der Waals surface area contributed by atoms with Crippen LogP contribution in [0.3, 0.4) is 0 Å². The van der Waals surface area contributed by atoms with E-state index < -0.39 is 0 Å². The summed E-state index contributed by atoms with van der Waals surface area (Å²) in [5.74, 6) is 0.0246. The van der Waals surface area contributed by atoms with Crippen LogP contribution in [-0.4, -0.2) is 17.9 Å². The van der Waals surface area contributed by atoms with Crippen LogP contribution in [0.5, 0.6) is 0 Å². The molecule has 2 N–H and O–H groups in total. The molecule has 3 heteroatoms. The van der Waals surface area contributed by atoms with E-state index >= 15 is 0 Å². The third-order valence-electron chi connectivity index (χ3n) is 2.22. The van der Waals surface area contributed by atoms with Crippen molar-refractivity contribution in [2.24, 2.45) is 0 Å². The number of amides is 1. The SMILES string of the molecule is CC.CC.CNC(=O)Cc1cc2ccccc2[nH]1. The lowest BCUT2D eigenvalue weighted by Crippen LogP contribution is -2.19. The molecule has 1 amide bonds. The first-order valence-corrected chi connectivity index (χ1v) is 6.57. The number of carbonyl (C=O) groups is 1. The number of hydrogen-bond donors (Lipinski definition) is 2. The van der Waals surface area contributed by atoms with Crippen LogP contribution in [0.1, 0.15) is 33.4 Å². The third-order valence-corrected chi connectivity index (χ3v) is 2.22. The molecule has 100 valence electrons. The summed E-state index contributed by atoms with van der Waals surface area (Å²) in [6, 6.07) is 9.99. The number of nitrogens with one attached hydrogen (secondary N) is 2. The van der Waals surface area contributed by atoms with E-state index in [1.54, 1.807) is 7.05 Å². The molecule has 0 saturated heterocycles. The molecule has 1 aromatic heterocycles. The summed E-state index contributed by atoms with van der Waals surface area (Å²) in [5.41, 5.74) is 2.02. The van der Waals surface area contributed by atoms with Gasteiger partial charge in [-0.15, -0.1) is 0 Å². The Balaban J connectivity index is 0.000000659.